The number of nitrogens with one attached hydrogen (secondary N) is 1. The zero-order chi connectivity index (χ0) is 22.1. The quantitative estimate of drug-likeness (QED) is 0.400. The molecule has 0 aliphatic heterocycles. The summed E-state index contributed by atoms with van der Waals surface area (Å²) in [6.45, 7) is 4.33. The van der Waals surface area contributed by atoms with Crippen LogP contribution in [0.25, 0.3) is 0 Å². The van der Waals surface area contributed by atoms with E-state index in [2.05, 4.69) is 23.3 Å². The molecule has 0 bridgehead atoms. The van der Waals surface area contributed by atoms with Crippen molar-refractivity contribution in [1.29, 1.82) is 0 Å². The Labute approximate surface area is 188 Å². The molecule has 1 heterocycles. The molecule has 0 amide bonds. The first-order chi connectivity index (χ1) is 14.2. The maximum absolute atomic E-state index is 12.9. The summed E-state index contributed by atoms with van der Waals surface area (Å²) < 4.78 is 33.4. The molecule has 2 aromatic rings. The molecule has 30 heavy (non-hydrogen) atoms. The van der Waals surface area contributed by atoms with Crippen LogP contribution in [0, 0.1) is 5.92 Å². The summed E-state index contributed by atoms with van der Waals surface area (Å²) in [6.07, 6.45) is 4.55. The first-order valence-electron chi connectivity index (χ1n) is 10.1. The molecule has 8 heteroatoms. The Kier molecular flexibility index (Phi) is 9.81. The number of sulfonamides is 1. The third-order valence-electron chi connectivity index (χ3n) is 4.75. The molecule has 1 unspecified atom stereocenters. The van der Waals surface area contributed by atoms with Crippen LogP contribution in [0.2, 0.25) is 5.02 Å². The van der Waals surface area contributed by atoms with Gasteiger partial charge in [-0.05, 0) is 61.6 Å². The first kappa shape index (κ1) is 24.9. The van der Waals surface area contributed by atoms with Crippen LogP contribution < -0.4 is 4.72 Å². The molecular weight excluding hydrogens is 442 g/mol. The van der Waals surface area contributed by atoms with Crippen LogP contribution in [0.15, 0.2) is 41.3 Å². The predicted octanol–water partition coefficient (Wildman–Crippen LogP) is 5.74. The van der Waals surface area contributed by atoms with Gasteiger partial charge in [-0.2, -0.15) is 0 Å². The van der Waals surface area contributed by atoms with Crippen LogP contribution in [0.4, 0.5) is 0 Å². The van der Waals surface area contributed by atoms with Gasteiger partial charge in [-0.3, -0.25) is 4.79 Å². The lowest BCUT2D eigenvalue weighted by Crippen LogP contribution is -2.28. The second kappa shape index (κ2) is 11.8. The summed E-state index contributed by atoms with van der Waals surface area (Å²) in [7, 11) is -2.27. The van der Waals surface area contributed by atoms with Crippen LogP contribution >= 0.6 is 22.9 Å². The lowest BCUT2D eigenvalue weighted by atomic mass is 10.0. The summed E-state index contributed by atoms with van der Waals surface area (Å²) >= 11 is 7.49. The molecule has 5 nitrogen and oxygen atoms in total. The van der Waals surface area contributed by atoms with Gasteiger partial charge in [0, 0.05) is 21.2 Å². The van der Waals surface area contributed by atoms with Crippen molar-refractivity contribution in [3.05, 3.63) is 51.2 Å². The number of aryl methyl sites for hydroxylation is 1. The second-order valence-electron chi connectivity index (χ2n) is 7.69. The highest BCUT2D eigenvalue weighted by Crippen LogP contribution is 2.30. The number of ether oxygens (including phenoxy) is 1. The number of carbonyl (C=O) groups excluding carboxylic acids is 1. The van der Waals surface area contributed by atoms with E-state index in [1.54, 1.807) is 23.5 Å². The van der Waals surface area contributed by atoms with E-state index in [1.807, 2.05) is 12.1 Å². The zero-order valence-electron chi connectivity index (χ0n) is 17.7. The number of benzene rings is 1. The van der Waals surface area contributed by atoms with Crippen LogP contribution in [0.5, 0.6) is 0 Å². The third-order valence-corrected chi connectivity index (χ3v) is 7.75. The Balaban J connectivity index is 2.12. The first-order valence-corrected chi connectivity index (χ1v) is 12.8. The van der Waals surface area contributed by atoms with Crippen molar-refractivity contribution in [2.45, 2.75) is 63.3 Å². The van der Waals surface area contributed by atoms with Gasteiger partial charge in [-0.25, -0.2) is 13.1 Å². The van der Waals surface area contributed by atoms with E-state index in [0.717, 1.165) is 35.4 Å². The van der Waals surface area contributed by atoms with E-state index in [0.29, 0.717) is 23.8 Å². The highest BCUT2D eigenvalue weighted by Gasteiger charge is 2.23. The van der Waals surface area contributed by atoms with E-state index in [1.165, 1.54) is 19.2 Å². The van der Waals surface area contributed by atoms with Crippen molar-refractivity contribution in [2.75, 3.05) is 7.11 Å². The number of methoxy groups -OCH3 is 1. The minimum absolute atomic E-state index is 0.204. The largest absolute Gasteiger partial charge is 0.469 e. The average Bonchev–Trinajstić information content (AvgIpc) is 3.16. The zero-order valence-corrected chi connectivity index (χ0v) is 20.1. The monoisotopic (exact) mass is 471 g/mol. The van der Waals surface area contributed by atoms with Crippen molar-refractivity contribution < 1.29 is 17.9 Å². The normalized spacial score (nSPS) is 12.8. The topological polar surface area (TPSA) is 72.5 Å². The molecule has 1 aromatic carbocycles. The second-order valence-corrected chi connectivity index (χ2v) is 11.0. The Morgan fingerprint density at radius 2 is 1.80 bits per heavy atom. The molecule has 0 radical (unpaired) electrons. The molecule has 1 N–H and O–H groups in total. The maximum Gasteiger partial charge on any atom is 0.305 e. The van der Waals surface area contributed by atoms with Crippen LogP contribution in [0.3, 0.4) is 0 Å². The van der Waals surface area contributed by atoms with Gasteiger partial charge in [0.15, 0.2) is 0 Å². The molecule has 0 saturated carbocycles. The average molecular weight is 472 g/mol. The van der Waals surface area contributed by atoms with E-state index in [-0.39, 0.29) is 16.9 Å². The molecule has 0 fully saturated rings. The molecule has 1 atom stereocenters. The van der Waals surface area contributed by atoms with E-state index in [9.17, 15) is 13.2 Å². The molecule has 2 rings (SSSR count). The minimum atomic E-state index is -3.66. The number of halogens is 1. The van der Waals surface area contributed by atoms with Gasteiger partial charge in [0.1, 0.15) is 0 Å². The standard InChI is InChI=1S/C22H30ClNO4S2/c1-16(2)6-4-8-20(24-30(26,27)19-13-10-17(23)11-14-19)21-15-12-18(29-21)7-5-9-22(25)28-3/h10-16,20,24H,4-9H2,1-3H3. The summed E-state index contributed by atoms with van der Waals surface area (Å²) in [5.41, 5.74) is 0. The smallest absolute Gasteiger partial charge is 0.305 e. The Morgan fingerprint density at radius 3 is 2.43 bits per heavy atom. The summed E-state index contributed by atoms with van der Waals surface area (Å²) in [5.74, 6) is 0.352. The lowest BCUT2D eigenvalue weighted by molar-refractivity contribution is -0.140. The van der Waals surface area contributed by atoms with Gasteiger partial charge in [-0.15, -0.1) is 11.3 Å². The SMILES string of the molecule is COC(=O)CCCc1ccc(C(CCCC(C)C)NS(=O)(=O)c2ccc(Cl)cc2)s1. The third kappa shape index (κ3) is 8.02. The number of thiophene rings is 1. The number of esters is 1. The number of hydrogen-bond donors (Lipinski definition) is 1. The van der Waals surface area contributed by atoms with Gasteiger partial charge in [0.05, 0.1) is 18.0 Å². The van der Waals surface area contributed by atoms with Gasteiger partial charge >= 0.3 is 5.97 Å². The molecule has 0 spiro atoms. The van der Waals surface area contributed by atoms with Gasteiger partial charge in [-0.1, -0.05) is 38.3 Å². The predicted molar refractivity (Wildman–Crippen MR) is 122 cm³/mol. The van der Waals surface area contributed by atoms with E-state index in [4.69, 9.17) is 11.6 Å². The Morgan fingerprint density at radius 1 is 1.10 bits per heavy atom. The van der Waals surface area contributed by atoms with Crippen molar-refractivity contribution >= 4 is 38.9 Å². The van der Waals surface area contributed by atoms with Gasteiger partial charge in [0.2, 0.25) is 10.0 Å². The fourth-order valence-corrected chi connectivity index (χ4v) is 5.67. The lowest BCUT2D eigenvalue weighted by Gasteiger charge is -2.18. The molecule has 166 valence electrons. The number of hydrogen-bond acceptors (Lipinski definition) is 5. The van der Waals surface area contributed by atoms with Crippen molar-refractivity contribution in [3.8, 4) is 0 Å². The summed E-state index contributed by atoms with van der Waals surface area (Å²) in [6, 6.07) is 9.91. The Bertz CT molecular complexity index is 907. The van der Waals surface area contributed by atoms with Crippen molar-refractivity contribution in [3.63, 3.8) is 0 Å². The highest BCUT2D eigenvalue weighted by atomic mass is 35.5. The minimum Gasteiger partial charge on any atom is -0.469 e. The summed E-state index contributed by atoms with van der Waals surface area (Å²) in [5, 5.41) is 0.497. The fraction of sp³-hybridized carbons (Fsp3) is 0.500. The highest BCUT2D eigenvalue weighted by molar-refractivity contribution is 7.89. The van der Waals surface area contributed by atoms with Gasteiger partial charge in [0.25, 0.3) is 0 Å². The molecule has 0 aliphatic rings. The van der Waals surface area contributed by atoms with Crippen LogP contribution in [0.1, 0.15) is 61.7 Å². The van der Waals surface area contributed by atoms with Crippen LogP contribution in [-0.4, -0.2) is 21.5 Å². The summed E-state index contributed by atoms with van der Waals surface area (Å²) in [4.78, 5) is 13.6. The Hall–Kier alpha value is -1.41. The number of rotatable bonds is 12. The maximum atomic E-state index is 12.9. The number of carbonyl (C=O) groups is 1. The molecular formula is C22H30ClNO4S2. The van der Waals surface area contributed by atoms with Crippen molar-refractivity contribution in [1.82, 2.24) is 4.72 Å². The van der Waals surface area contributed by atoms with Gasteiger partial charge < -0.3 is 4.74 Å². The molecule has 0 saturated heterocycles. The van der Waals surface area contributed by atoms with E-state index < -0.39 is 10.0 Å². The molecule has 1 aromatic heterocycles. The fourth-order valence-electron chi connectivity index (χ4n) is 3.08. The van der Waals surface area contributed by atoms with Crippen molar-refractivity contribution in [2.24, 2.45) is 5.92 Å². The van der Waals surface area contributed by atoms with Crippen LogP contribution in [-0.2, 0) is 26.0 Å². The molecule has 0 aliphatic carbocycles. The van der Waals surface area contributed by atoms with E-state index >= 15 is 0 Å².